The van der Waals surface area contributed by atoms with E-state index in [-0.39, 0.29) is 0 Å². The molecule has 1 aliphatic heterocycles. The van der Waals surface area contributed by atoms with Crippen LogP contribution < -0.4 is 0 Å². The number of rotatable bonds is 4. The van der Waals surface area contributed by atoms with E-state index >= 15 is 0 Å². The number of imidazole rings is 1. The maximum absolute atomic E-state index is 4.48. The summed E-state index contributed by atoms with van der Waals surface area (Å²) in [6, 6.07) is 0.534. The maximum atomic E-state index is 4.48. The second-order valence-electron chi connectivity index (χ2n) is 5.61. The molecule has 0 spiro atoms. The molecule has 0 aliphatic carbocycles. The zero-order chi connectivity index (χ0) is 14.1. The molecule has 6 nitrogen and oxygen atoms in total. The quantitative estimate of drug-likeness (QED) is 0.843. The van der Waals surface area contributed by atoms with E-state index in [2.05, 4.69) is 31.6 Å². The Balaban J connectivity index is 1.69. The fourth-order valence-corrected chi connectivity index (χ4v) is 2.97. The lowest BCUT2D eigenvalue weighted by atomic mass is 10.2. The van der Waals surface area contributed by atoms with Crippen molar-refractivity contribution in [2.75, 3.05) is 6.54 Å². The third-order valence-electron chi connectivity index (χ3n) is 4.11. The summed E-state index contributed by atoms with van der Waals surface area (Å²) in [5.41, 5.74) is 0. The van der Waals surface area contributed by atoms with Crippen LogP contribution >= 0.6 is 0 Å². The number of nitrogens with zero attached hydrogens (tertiary/aromatic N) is 6. The molecule has 0 aromatic carbocycles. The highest BCUT2D eigenvalue weighted by Crippen LogP contribution is 2.21. The first-order valence-electron chi connectivity index (χ1n) is 7.22. The summed E-state index contributed by atoms with van der Waals surface area (Å²) in [6.45, 7) is 6.96. The van der Waals surface area contributed by atoms with Gasteiger partial charge in [-0.15, -0.1) is 0 Å². The van der Waals surface area contributed by atoms with Crippen LogP contribution in [0.3, 0.4) is 0 Å². The van der Waals surface area contributed by atoms with Gasteiger partial charge < -0.3 is 4.57 Å². The molecule has 1 fully saturated rings. The van der Waals surface area contributed by atoms with Crippen LogP contribution in [0.5, 0.6) is 0 Å². The van der Waals surface area contributed by atoms with E-state index in [0.29, 0.717) is 6.04 Å². The molecular weight excluding hydrogens is 252 g/mol. The molecule has 0 radical (unpaired) electrons. The summed E-state index contributed by atoms with van der Waals surface area (Å²) in [5.74, 6) is 2.99. The molecule has 0 N–H and O–H groups in total. The highest BCUT2D eigenvalue weighted by atomic mass is 15.4. The van der Waals surface area contributed by atoms with Gasteiger partial charge in [-0.1, -0.05) is 0 Å². The topological polar surface area (TPSA) is 51.8 Å². The van der Waals surface area contributed by atoms with Crippen molar-refractivity contribution in [3.8, 4) is 0 Å². The van der Waals surface area contributed by atoms with Crippen LogP contribution in [-0.2, 0) is 20.1 Å². The molecule has 0 bridgehead atoms. The van der Waals surface area contributed by atoms with Gasteiger partial charge in [-0.3, -0.25) is 4.90 Å². The van der Waals surface area contributed by atoms with Crippen LogP contribution in [0.2, 0.25) is 0 Å². The van der Waals surface area contributed by atoms with Crippen molar-refractivity contribution >= 4 is 0 Å². The first-order valence-corrected chi connectivity index (χ1v) is 7.22. The average Bonchev–Trinajstić information content (AvgIpc) is 3.06. The van der Waals surface area contributed by atoms with Crippen LogP contribution in [0, 0.1) is 13.8 Å². The third kappa shape index (κ3) is 2.60. The van der Waals surface area contributed by atoms with E-state index in [9.17, 15) is 0 Å². The zero-order valence-corrected chi connectivity index (χ0v) is 12.5. The summed E-state index contributed by atoms with van der Waals surface area (Å²) in [6.07, 6.45) is 6.35. The summed E-state index contributed by atoms with van der Waals surface area (Å²) in [5, 5.41) is 4.48. The fourth-order valence-electron chi connectivity index (χ4n) is 2.97. The van der Waals surface area contributed by atoms with Crippen molar-refractivity contribution in [3.63, 3.8) is 0 Å². The second kappa shape index (κ2) is 5.36. The van der Waals surface area contributed by atoms with Crippen LogP contribution in [0.15, 0.2) is 12.4 Å². The van der Waals surface area contributed by atoms with E-state index < -0.39 is 0 Å². The maximum Gasteiger partial charge on any atom is 0.147 e. The predicted octanol–water partition coefficient (Wildman–Crippen LogP) is 1.29. The average molecular weight is 274 g/mol. The van der Waals surface area contributed by atoms with Gasteiger partial charge in [-0.25, -0.2) is 14.6 Å². The molecule has 0 saturated carbocycles. The van der Waals surface area contributed by atoms with E-state index in [1.165, 1.54) is 12.8 Å². The molecule has 1 aliphatic rings. The second-order valence-corrected chi connectivity index (χ2v) is 5.61. The molecule has 1 atom stereocenters. The normalized spacial score (nSPS) is 19.9. The van der Waals surface area contributed by atoms with Gasteiger partial charge in [0.1, 0.15) is 17.5 Å². The Morgan fingerprint density at radius 3 is 2.85 bits per heavy atom. The lowest BCUT2D eigenvalue weighted by molar-refractivity contribution is 0.211. The number of hydrogen-bond acceptors (Lipinski definition) is 4. The molecule has 2 aromatic heterocycles. The van der Waals surface area contributed by atoms with Gasteiger partial charge in [0.15, 0.2) is 0 Å². The smallest absolute Gasteiger partial charge is 0.147 e. The van der Waals surface area contributed by atoms with Gasteiger partial charge in [0.25, 0.3) is 0 Å². The van der Waals surface area contributed by atoms with Gasteiger partial charge in [-0.05, 0) is 33.2 Å². The molecule has 3 rings (SSSR count). The molecule has 20 heavy (non-hydrogen) atoms. The van der Waals surface area contributed by atoms with Crippen molar-refractivity contribution in [1.29, 1.82) is 0 Å². The largest absolute Gasteiger partial charge is 0.337 e. The summed E-state index contributed by atoms with van der Waals surface area (Å²) < 4.78 is 4.14. The minimum Gasteiger partial charge on any atom is -0.337 e. The molecule has 1 saturated heterocycles. The van der Waals surface area contributed by atoms with Crippen molar-refractivity contribution in [2.45, 2.75) is 45.8 Å². The van der Waals surface area contributed by atoms with Crippen LogP contribution in [0.25, 0.3) is 0 Å². The Bertz CT molecular complexity index is 584. The number of likely N-dealkylation sites (tertiary alicyclic amines) is 1. The van der Waals surface area contributed by atoms with Gasteiger partial charge in [0, 0.05) is 25.5 Å². The van der Waals surface area contributed by atoms with E-state index in [1.807, 2.05) is 30.9 Å². The first kappa shape index (κ1) is 13.3. The standard InChI is InChI=1S/C14H22N6/c1-11-16-12(2)20(17-11)9-13-5-4-7-19(13)10-14-15-6-8-18(14)3/h6,8,13H,4-5,7,9-10H2,1-3H3/t13-/m1/s1. The molecule has 0 unspecified atom stereocenters. The first-order chi connectivity index (χ1) is 9.63. The Morgan fingerprint density at radius 2 is 2.20 bits per heavy atom. The molecule has 108 valence electrons. The van der Waals surface area contributed by atoms with Gasteiger partial charge in [-0.2, -0.15) is 5.10 Å². The number of aromatic nitrogens is 5. The van der Waals surface area contributed by atoms with E-state index in [0.717, 1.165) is 37.1 Å². The number of hydrogen-bond donors (Lipinski definition) is 0. The lowest BCUT2D eigenvalue weighted by Crippen LogP contribution is -2.34. The van der Waals surface area contributed by atoms with Crippen LogP contribution in [-0.4, -0.2) is 41.8 Å². The Labute approximate surface area is 119 Å². The third-order valence-corrected chi connectivity index (χ3v) is 4.11. The molecule has 0 amide bonds. The van der Waals surface area contributed by atoms with E-state index in [4.69, 9.17) is 0 Å². The minimum absolute atomic E-state index is 0.534. The van der Waals surface area contributed by atoms with Gasteiger partial charge >= 0.3 is 0 Å². The fraction of sp³-hybridized carbons (Fsp3) is 0.643. The Hall–Kier alpha value is -1.69. The van der Waals surface area contributed by atoms with Crippen molar-refractivity contribution < 1.29 is 0 Å². The van der Waals surface area contributed by atoms with Crippen molar-refractivity contribution in [2.24, 2.45) is 7.05 Å². The molecule has 6 heteroatoms. The Morgan fingerprint density at radius 1 is 1.35 bits per heavy atom. The van der Waals surface area contributed by atoms with Crippen LogP contribution in [0.1, 0.15) is 30.3 Å². The minimum atomic E-state index is 0.534. The van der Waals surface area contributed by atoms with Crippen LogP contribution in [0.4, 0.5) is 0 Å². The van der Waals surface area contributed by atoms with E-state index in [1.54, 1.807) is 0 Å². The van der Waals surface area contributed by atoms with Gasteiger partial charge in [0.05, 0.1) is 13.1 Å². The SMILES string of the molecule is Cc1nc(C)n(C[C@H]2CCCN2Cc2nccn2C)n1. The summed E-state index contributed by atoms with van der Waals surface area (Å²) >= 11 is 0. The monoisotopic (exact) mass is 274 g/mol. The lowest BCUT2D eigenvalue weighted by Gasteiger charge is -2.24. The molecular formula is C14H22N6. The zero-order valence-electron chi connectivity index (χ0n) is 12.5. The summed E-state index contributed by atoms with van der Waals surface area (Å²) in [4.78, 5) is 11.3. The highest BCUT2D eigenvalue weighted by molar-refractivity contribution is 4.94. The number of aryl methyl sites for hydroxylation is 3. The Kier molecular flexibility index (Phi) is 3.56. The predicted molar refractivity (Wildman–Crippen MR) is 76.1 cm³/mol. The highest BCUT2D eigenvalue weighted by Gasteiger charge is 2.26. The van der Waals surface area contributed by atoms with Gasteiger partial charge in [0.2, 0.25) is 0 Å². The van der Waals surface area contributed by atoms with Crippen molar-refractivity contribution in [3.05, 3.63) is 29.9 Å². The molecule has 3 heterocycles. The van der Waals surface area contributed by atoms with Crippen molar-refractivity contribution in [1.82, 2.24) is 29.2 Å². The molecule has 2 aromatic rings. The summed E-state index contributed by atoms with van der Waals surface area (Å²) in [7, 11) is 2.05.